The van der Waals surface area contributed by atoms with Gasteiger partial charge in [0.15, 0.2) is 0 Å². The van der Waals surface area contributed by atoms with E-state index in [2.05, 4.69) is 211 Å². The number of fused-ring (bicyclic) bond motifs is 4. The SMILES string of the molecule is C=Nc1c(OCc2ccccc2)ccc2cccc(-c3ccc(-c4ccc(N(c5ccccc5)c5ccc(-c6cc7ccccc7c7ccccc67)cc5)cc4)cc3)c12. The molecule has 0 radical (unpaired) electrons. The Labute approximate surface area is 344 Å². The fourth-order valence-electron chi connectivity index (χ4n) is 8.34. The highest BCUT2D eigenvalue weighted by Crippen LogP contribution is 2.43. The standard InChI is InChI=1S/C56H40N2O/c1-57-56-54(59-38-39-13-4-2-5-14-39)36-31-44-16-12-22-50(55(44)56)42-25-23-40(24-26-42)41-27-32-47(33-28-41)58(46-17-6-3-7-18-46)48-34-29-43(30-35-48)53-37-45-15-8-9-19-49(45)51-20-10-11-21-52(51)53/h2-37H,1,38H2. The van der Waals surface area contributed by atoms with Gasteiger partial charge in [0.05, 0.1) is 0 Å². The first-order chi connectivity index (χ1) is 29.2. The normalized spacial score (nSPS) is 11.2. The zero-order valence-corrected chi connectivity index (χ0v) is 32.5. The maximum atomic E-state index is 6.29. The lowest BCUT2D eigenvalue weighted by Crippen LogP contribution is -2.09. The molecular weight excluding hydrogens is 717 g/mol. The molecule has 0 amide bonds. The molecule has 0 aromatic heterocycles. The molecule has 10 aromatic carbocycles. The first-order valence-electron chi connectivity index (χ1n) is 20.0. The third-order valence-electron chi connectivity index (χ3n) is 11.3. The average molecular weight is 757 g/mol. The Morgan fingerprint density at radius 3 is 1.63 bits per heavy atom. The van der Waals surface area contributed by atoms with E-state index in [1.165, 1.54) is 32.7 Å². The zero-order valence-electron chi connectivity index (χ0n) is 32.5. The van der Waals surface area contributed by atoms with Gasteiger partial charge in [-0.15, -0.1) is 0 Å². The van der Waals surface area contributed by atoms with E-state index in [1.54, 1.807) is 0 Å². The predicted octanol–water partition coefficient (Wildman–Crippen LogP) is 15.5. The van der Waals surface area contributed by atoms with Crippen molar-refractivity contribution >= 4 is 61.8 Å². The molecule has 0 aliphatic heterocycles. The van der Waals surface area contributed by atoms with Crippen LogP contribution in [0.1, 0.15) is 5.56 Å². The van der Waals surface area contributed by atoms with Crippen LogP contribution in [0.4, 0.5) is 22.7 Å². The van der Waals surface area contributed by atoms with Gasteiger partial charge in [0.2, 0.25) is 0 Å². The average Bonchev–Trinajstić information content (AvgIpc) is 3.31. The monoisotopic (exact) mass is 756 g/mol. The van der Waals surface area contributed by atoms with Crippen LogP contribution in [0.25, 0.3) is 65.7 Å². The third-order valence-corrected chi connectivity index (χ3v) is 11.3. The lowest BCUT2D eigenvalue weighted by atomic mass is 9.93. The Hall–Kier alpha value is -7.75. The highest BCUT2D eigenvalue weighted by atomic mass is 16.5. The summed E-state index contributed by atoms with van der Waals surface area (Å²) in [6.45, 7) is 4.41. The van der Waals surface area contributed by atoms with Crippen LogP contribution in [0.5, 0.6) is 5.75 Å². The lowest BCUT2D eigenvalue weighted by molar-refractivity contribution is 0.308. The number of rotatable bonds is 10. The van der Waals surface area contributed by atoms with Gasteiger partial charge in [0, 0.05) is 22.4 Å². The molecule has 0 heterocycles. The van der Waals surface area contributed by atoms with Crippen LogP contribution in [0.3, 0.4) is 0 Å². The van der Waals surface area contributed by atoms with Crippen molar-refractivity contribution < 1.29 is 4.74 Å². The Balaban J connectivity index is 0.946. The van der Waals surface area contributed by atoms with E-state index in [0.29, 0.717) is 6.61 Å². The van der Waals surface area contributed by atoms with Crippen LogP contribution >= 0.6 is 0 Å². The number of hydrogen-bond donors (Lipinski definition) is 0. The van der Waals surface area contributed by atoms with Crippen molar-refractivity contribution in [3.8, 4) is 39.1 Å². The van der Waals surface area contributed by atoms with E-state index < -0.39 is 0 Å². The number of hydrogen-bond acceptors (Lipinski definition) is 3. The highest BCUT2D eigenvalue weighted by molar-refractivity contribution is 6.14. The Morgan fingerprint density at radius 2 is 0.932 bits per heavy atom. The maximum Gasteiger partial charge on any atom is 0.146 e. The fourth-order valence-corrected chi connectivity index (χ4v) is 8.34. The molecule has 0 aliphatic rings. The molecule has 0 aliphatic carbocycles. The summed E-state index contributed by atoms with van der Waals surface area (Å²) in [5, 5.41) is 7.19. The third kappa shape index (κ3) is 6.90. The van der Waals surface area contributed by atoms with E-state index in [1.807, 2.05) is 24.3 Å². The van der Waals surface area contributed by atoms with Gasteiger partial charge in [0.25, 0.3) is 0 Å². The van der Waals surface area contributed by atoms with E-state index in [0.717, 1.165) is 67.1 Å². The number of para-hydroxylation sites is 1. The molecule has 3 nitrogen and oxygen atoms in total. The Kier molecular flexibility index (Phi) is 9.46. The van der Waals surface area contributed by atoms with Gasteiger partial charge >= 0.3 is 0 Å². The maximum absolute atomic E-state index is 6.29. The van der Waals surface area contributed by atoms with Gasteiger partial charge < -0.3 is 9.64 Å². The molecular formula is C56H40N2O. The molecule has 0 fully saturated rings. The van der Waals surface area contributed by atoms with E-state index in [-0.39, 0.29) is 0 Å². The molecule has 280 valence electrons. The number of anilines is 3. The van der Waals surface area contributed by atoms with Crippen LogP contribution in [0, 0.1) is 0 Å². The number of nitrogens with zero attached hydrogens (tertiary/aromatic N) is 2. The van der Waals surface area contributed by atoms with Crippen molar-refractivity contribution in [3.63, 3.8) is 0 Å². The van der Waals surface area contributed by atoms with Gasteiger partial charge in [-0.3, -0.25) is 4.99 Å². The summed E-state index contributed by atoms with van der Waals surface area (Å²) in [5.41, 5.74) is 12.1. The van der Waals surface area contributed by atoms with Crippen LogP contribution in [-0.2, 0) is 6.61 Å². The van der Waals surface area contributed by atoms with E-state index in [4.69, 9.17) is 4.74 Å². The molecule has 0 bridgehead atoms. The zero-order chi connectivity index (χ0) is 39.5. The summed E-state index contributed by atoms with van der Waals surface area (Å²) in [6.07, 6.45) is 0. The van der Waals surface area contributed by atoms with Crippen LogP contribution in [-0.4, -0.2) is 6.72 Å². The minimum Gasteiger partial charge on any atom is -0.487 e. The van der Waals surface area contributed by atoms with Gasteiger partial charge in [-0.25, -0.2) is 0 Å². The second kappa shape index (κ2) is 15.7. The summed E-state index contributed by atoms with van der Waals surface area (Å²) in [4.78, 5) is 6.81. The van der Waals surface area contributed by atoms with Crippen molar-refractivity contribution in [2.24, 2.45) is 4.99 Å². The number of ether oxygens (including phenoxy) is 1. The molecule has 0 saturated heterocycles. The van der Waals surface area contributed by atoms with E-state index in [9.17, 15) is 0 Å². The fraction of sp³-hybridized carbons (Fsp3) is 0.0179. The number of benzene rings is 10. The summed E-state index contributed by atoms with van der Waals surface area (Å²) in [6, 6.07) is 77.5. The van der Waals surface area contributed by atoms with Gasteiger partial charge in [-0.05, 0) is 121 Å². The molecule has 0 atom stereocenters. The summed E-state index contributed by atoms with van der Waals surface area (Å²) >= 11 is 0. The molecule has 0 N–H and O–H groups in total. The second-order valence-electron chi connectivity index (χ2n) is 14.8. The summed E-state index contributed by atoms with van der Waals surface area (Å²) < 4.78 is 6.29. The smallest absolute Gasteiger partial charge is 0.146 e. The molecule has 0 spiro atoms. The van der Waals surface area contributed by atoms with Crippen molar-refractivity contribution in [2.75, 3.05) is 4.90 Å². The lowest BCUT2D eigenvalue weighted by Gasteiger charge is -2.26. The van der Waals surface area contributed by atoms with Crippen molar-refractivity contribution in [1.29, 1.82) is 0 Å². The van der Waals surface area contributed by atoms with Crippen LogP contribution in [0.2, 0.25) is 0 Å². The molecule has 3 heteroatoms. The quantitative estimate of drug-likeness (QED) is 0.103. The second-order valence-corrected chi connectivity index (χ2v) is 14.8. The van der Waals surface area contributed by atoms with Crippen molar-refractivity contribution in [1.82, 2.24) is 0 Å². The van der Waals surface area contributed by atoms with Gasteiger partial charge in [0.1, 0.15) is 18.0 Å². The Bertz CT molecular complexity index is 3080. The minimum atomic E-state index is 0.462. The molecule has 10 aromatic rings. The van der Waals surface area contributed by atoms with Gasteiger partial charge in [-0.1, -0.05) is 170 Å². The minimum absolute atomic E-state index is 0.462. The summed E-state index contributed by atoms with van der Waals surface area (Å²) in [7, 11) is 0. The van der Waals surface area contributed by atoms with Crippen molar-refractivity contribution in [2.45, 2.75) is 6.61 Å². The number of aliphatic imine (C=N–C) groups is 1. The summed E-state index contributed by atoms with van der Waals surface area (Å²) in [5.74, 6) is 0.722. The predicted molar refractivity (Wildman–Crippen MR) is 250 cm³/mol. The molecule has 0 saturated carbocycles. The Morgan fingerprint density at radius 1 is 0.407 bits per heavy atom. The topological polar surface area (TPSA) is 24.8 Å². The highest BCUT2D eigenvalue weighted by Gasteiger charge is 2.16. The molecule has 59 heavy (non-hydrogen) atoms. The van der Waals surface area contributed by atoms with Gasteiger partial charge in [-0.2, -0.15) is 0 Å². The van der Waals surface area contributed by atoms with Crippen molar-refractivity contribution in [3.05, 3.63) is 224 Å². The molecule has 10 rings (SSSR count). The first-order valence-corrected chi connectivity index (χ1v) is 20.0. The molecule has 0 unspecified atom stereocenters. The van der Waals surface area contributed by atoms with Crippen LogP contribution in [0.15, 0.2) is 223 Å². The largest absolute Gasteiger partial charge is 0.487 e. The van der Waals surface area contributed by atoms with Crippen LogP contribution < -0.4 is 9.64 Å². The van der Waals surface area contributed by atoms with E-state index >= 15 is 0 Å². The first kappa shape index (κ1) is 35.6.